The normalized spacial score (nSPS) is 28.0. The van der Waals surface area contributed by atoms with Crippen LogP contribution in [0.4, 0.5) is 0 Å². The summed E-state index contributed by atoms with van der Waals surface area (Å²) in [5.74, 6) is -3.42. The number of piperidine rings is 1. The lowest BCUT2D eigenvalue weighted by Crippen LogP contribution is -2.74. The Kier molecular flexibility index (Phi) is 7.70. The van der Waals surface area contributed by atoms with E-state index in [1.807, 2.05) is 13.1 Å². The number of hydrogen-bond donors (Lipinski definition) is 3. The zero-order valence-electron chi connectivity index (χ0n) is 25.1. The summed E-state index contributed by atoms with van der Waals surface area (Å²) in [6.45, 7) is 3.27. The maximum Gasteiger partial charge on any atom is 0.352 e. The predicted octanol–water partition coefficient (Wildman–Crippen LogP) is 1.77. The van der Waals surface area contributed by atoms with Crippen LogP contribution in [0.25, 0.3) is 0 Å². The number of esters is 3. The van der Waals surface area contributed by atoms with Gasteiger partial charge >= 0.3 is 17.9 Å². The average molecular weight is 622 g/mol. The number of ether oxygens (including phenoxy) is 4. The molecule has 3 N–H and O–H groups in total. The van der Waals surface area contributed by atoms with Gasteiger partial charge in [0.05, 0.1) is 17.4 Å². The number of phenolic OH excluding ortho intramolecular Hbond substituents is 1. The molecule has 2 aliphatic carbocycles. The first kappa shape index (κ1) is 30.8. The Morgan fingerprint density at radius 3 is 2.53 bits per heavy atom. The quantitative estimate of drug-likeness (QED) is 0.275. The number of hydrogen-bond acceptors (Lipinski definition) is 12. The number of aliphatic hydroxyl groups excluding tert-OH is 1. The topological polar surface area (TPSA) is 169 Å². The van der Waals surface area contributed by atoms with Crippen LogP contribution in [-0.4, -0.2) is 87.5 Å². The van der Waals surface area contributed by atoms with Gasteiger partial charge in [-0.1, -0.05) is 36.4 Å². The molecule has 6 rings (SSSR count). The number of benzene rings is 2. The van der Waals surface area contributed by atoms with E-state index in [9.17, 15) is 34.5 Å². The number of Topliss-reactive ketones (excluding diaryl/α,β-unsaturated/α-hetero) is 1. The van der Waals surface area contributed by atoms with E-state index < -0.39 is 65.5 Å². The van der Waals surface area contributed by atoms with E-state index in [1.165, 1.54) is 26.0 Å². The molecule has 2 bridgehead atoms. The SMILES string of the molecule is CC(=O)[C@H](C)OC(=O)[C@@H](OC(=O)C[C@H](O)C(=O)OC1=CC[C@@]2(O)[C@H]3Cc4ccc(O)c5c4[C@@]2(CCN3C)[C@H]1O5)c1ccccc1. The fourth-order valence-corrected chi connectivity index (χ4v) is 7.24. The molecular weight excluding hydrogens is 586 g/mol. The van der Waals surface area contributed by atoms with Crippen LogP contribution in [0.3, 0.4) is 0 Å². The summed E-state index contributed by atoms with van der Waals surface area (Å²) in [4.78, 5) is 52.5. The number of aliphatic hydroxyl groups is 2. The van der Waals surface area contributed by atoms with Crippen molar-refractivity contribution < 1.29 is 53.4 Å². The minimum Gasteiger partial charge on any atom is -0.504 e. The molecule has 4 aliphatic rings. The summed E-state index contributed by atoms with van der Waals surface area (Å²) < 4.78 is 22.3. The van der Waals surface area contributed by atoms with Crippen molar-refractivity contribution in [3.8, 4) is 11.5 Å². The van der Waals surface area contributed by atoms with Gasteiger partial charge in [-0.15, -0.1) is 0 Å². The number of phenols is 1. The Morgan fingerprint density at radius 1 is 1.09 bits per heavy atom. The van der Waals surface area contributed by atoms with E-state index >= 15 is 0 Å². The fraction of sp³-hybridized carbons (Fsp3) is 0.455. The second-order valence-electron chi connectivity index (χ2n) is 12.2. The third-order valence-electron chi connectivity index (χ3n) is 9.64. The van der Waals surface area contributed by atoms with Gasteiger partial charge < -0.3 is 39.2 Å². The summed E-state index contributed by atoms with van der Waals surface area (Å²) in [5, 5.41) is 33.6. The van der Waals surface area contributed by atoms with Crippen LogP contribution in [0.2, 0.25) is 0 Å². The molecule has 238 valence electrons. The molecule has 0 amide bonds. The van der Waals surface area contributed by atoms with E-state index in [0.29, 0.717) is 24.9 Å². The molecular formula is C33H35NO11. The van der Waals surface area contributed by atoms with Crippen LogP contribution in [0.5, 0.6) is 11.5 Å². The molecule has 12 nitrogen and oxygen atoms in total. The van der Waals surface area contributed by atoms with Gasteiger partial charge in [0.15, 0.2) is 35.6 Å². The molecule has 1 saturated heterocycles. The lowest BCUT2D eigenvalue weighted by atomic mass is 9.50. The molecule has 2 aliphatic heterocycles. The van der Waals surface area contributed by atoms with Gasteiger partial charge in [0.2, 0.25) is 6.10 Å². The molecule has 45 heavy (non-hydrogen) atoms. The van der Waals surface area contributed by atoms with Crippen molar-refractivity contribution in [3.63, 3.8) is 0 Å². The zero-order chi connectivity index (χ0) is 32.3. The molecule has 1 spiro atoms. The highest BCUT2D eigenvalue weighted by Crippen LogP contribution is 2.65. The van der Waals surface area contributed by atoms with E-state index in [2.05, 4.69) is 4.90 Å². The summed E-state index contributed by atoms with van der Waals surface area (Å²) in [6.07, 6.45) is -3.67. The Bertz CT molecular complexity index is 1590. The number of ketones is 1. The first-order valence-electron chi connectivity index (χ1n) is 14.9. The van der Waals surface area contributed by atoms with Crippen molar-refractivity contribution in [2.75, 3.05) is 13.6 Å². The van der Waals surface area contributed by atoms with Crippen molar-refractivity contribution in [3.05, 3.63) is 71.0 Å². The largest absolute Gasteiger partial charge is 0.504 e. The molecule has 2 heterocycles. The number of carbonyl (C=O) groups excluding carboxylic acids is 4. The molecule has 2 aromatic rings. The van der Waals surface area contributed by atoms with E-state index in [1.54, 1.807) is 30.3 Å². The molecule has 0 saturated carbocycles. The summed E-state index contributed by atoms with van der Waals surface area (Å²) in [5.41, 5.74) is -0.350. The first-order valence-corrected chi connectivity index (χ1v) is 14.9. The fourth-order valence-electron chi connectivity index (χ4n) is 7.24. The zero-order valence-corrected chi connectivity index (χ0v) is 25.1. The second kappa shape index (κ2) is 11.3. The maximum absolute atomic E-state index is 13.1. The molecule has 7 atom stereocenters. The Morgan fingerprint density at radius 2 is 1.82 bits per heavy atom. The van der Waals surface area contributed by atoms with Crippen molar-refractivity contribution >= 4 is 23.7 Å². The van der Waals surface area contributed by atoms with Gasteiger partial charge in [-0.25, -0.2) is 9.59 Å². The van der Waals surface area contributed by atoms with Gasteiger partial charge in [-0.3, -0.25) is 9.59 Å². The number of likely N-dealkylation sites (tertiary alicyclic amines) is 1. The number of carbonyl (C=O) groups is 4. The van der Waals surface area contributed by atoms with Crippen molar-refractivity contribution in [2.24, 2.45) is 0 Å². The minimum atomic E-state index is -1.97. The lowest BCUT2D eigenvalue weighted by Gasteiger charge is -2.61. The molecule has 1 fully saturated rings. The van der Waals surface area contributed by atoms with Crippen LogP contribution < -0.4 is 4.74 Å². The van der Waals surface area contributed by atoms with Crippen LogP contribution >= 0.6 is 0 Å². The standard InChI is InChI=1S/C33H35NO11/c1-17(35)18(2)42-31(40)27(19-7-5-4-6-8-19)44-25(38)16-22(37)30(39)43-23-11-12-33(41)24-15-20-9-10-21(36)28-26(20)32(33,29(23)45-28)13-14-34(24)3/h4-11,18,22,24,27,29,36-37,41H,12-16H2,1-3H3/t18-,22-,24+,27-,29-,32-,33+/m0/s1. The highest BCUT2D eigenvalue weighted by atomic mass is 16.6. The molecule has 0 radical (unpaired) electrons. The summed E-state index contributed by atoms with van der Waals surface area (Å²) in [6, 6.07) is 11.1. The Labute approximate surface area is 259 Å². The summed E-state index contributed by atoms with van der Waals surface area (Å²) in [7, 11) is 1.95. The number of likely N-dealkylation sites (N-methyl/N-ethyl adjacent to an activating group) is 1. The highest BCUT2D eigenvalue weighted by molar-refractivity contribution is 5.87. The lowest BCUT2D eigenvalue weighted by molar-refractivity contribution is -0.177. The third-order valence-corrected chi connectivity index (χ3v) is 9.64. The summed E-state index contributed by atoms with van der Waals surface area (Å²) >= 11 is 0. The van der Waals surface area contributed by atoms with Crippen LogP contribution in [0.15, 0.2) is 54.3 Å². The molecule has 12 heteroatoms. The Balaban J connectivity index is 1.19. The highest BCUT2D eigenvalue weighted by Gasteiger charge is 2.72. The number of aromatic hydroxyl groups is 1. The van der Waals surface area contributed by atoms with Crippen LogP contribution in [0, 0.1) is 0 Å². The van der Waals surface area contributed by atoms with Gasteiger partial charge in [-0.05, 0) is 58.0 Å². The number of nitrogens with zero attached hydrogens (tertiary/aromatic N) is 1. The second-order valence-corrected chi connectivity index (χ2v) is 12.2. The van der Waals surface area contributed by atoms with E-state index in [0.717, 1.165) is 5.56 Å². The predicted molar refractivity (Wildman–Crippen MR) is 155 cm³/mol. The van der Waals surface area contributed by atoms with Gasteiger partial charge in [-0.2, -0.15) is 0 Å². The smallest absolute Gasteiger partial charge is 0.352 e. The minimum absolute atomic E-state index is 0.0628. The molecule has 0 unspecified atom stereocenters. The van der Waals surface area contributed by atoms with Crippen molar-refractivity contribution in [1.82, 2.24) is 4.90 Å². The Hall–Kier alpha value is -4.26. The van der Waals surface area contributed by atoms with Gasteiger partial charge in [0.25, 0.3) is 0 Å². The van der Waals surface area contributed by atoms with Gasteiger partial charge in [0.1, 0.15) is 5.76 Å². The average Bonchev–Trinajstić information content (AvgIpc) is 3.37. The van der Waals surface area contributed by atoms with Crippen LogP contribution in [0.1, 0.15) is 55.9 Å². The maximum atomic E-state index is 13.1. The molecule has 2 aromatic carbocycles. The monoisotopic (exact) mass is 621 g/mol. The van der Waals surface area contributed by atoms with Crippen molar-refractivity contribution in [1.29, 1.82) is 0 Å². The van der Waals surface area contributed by atoms with Crippen molar-refractivity contribution in [2.45, 2.75) is 81.0 Å². The molecule has 0 aromatic heterocycles. The number of rotatable bonds is 9. The van der Waals surface area contributed by atoms with Crippen LogP contribution in [-0.2, 0) is 45.2 Å². The third kappa shape index (κ3) is 4.88. The van der Waals surface area contributed by atoms with E-state index in [4.69, 9.17) is 18.9 Å². The van der Waals surface area contributed by atoms with Gasteiger partial charge in [0, 0.05) is 23.6 Å². The van der Waals surface area contributed by atoms with E-state index in [-0.39, 0.29) is 35.3 Å². The first-order chi connectivity index (χ1) is 21.4.